The molecule has 2 nitrogen and oxygen atoms in total. The minimum atomic E-state index is -3.95. The van der Waals surface area contributed by atoms with E-state index in [1.165, 1.54) is 6.42 Å². The Morgan fingerprint density at radius 3 is 2.53 bits per heavy atom. The van der Waals surface area contributed by atoms with Crippen molar-refractivity contribution in [1.82, 2.24) is 5.32 Å². The van der Waals surface area contributed by atoms with Gasteiger partial charge >= 0.3 is 12.3 Å². The number of rotatable bonds is 4. The van der Waals surface area contributed by atoms with Gasteiger partial charge in [0, 0.05) is 12.6 Å². The van der Waals surface area contributed by atoms with E-state index in [-0.39, 0.29) is 11.6 Å². The van der Waals surface area contributed by atoms with E-state index in [2.05, 4.69) is 5.32 Å². The Morgan fingerprint density at radius 1 is 1.21 bits per heavy atom. The van der Waals surface area contributed by atoms with E-state index in [0.29, 0.717) is 19.4 Å². The molecule has 1 aliphatic heterocycles. The number of alkyl halides is 4. The van der Waals surface area contributed by atoms with E-state index in [1.54, 1.807) is 0 Å². The van der Waals surface area contributed by atoms with Crippen molar-refractivity contribution < 1.29 is 22.3 Å². The van der Waals surface area contributed by atoms with Gasteiger partial charge in [0.1, 0.15) is 0 Å². The second-order valence-electron chi connectivity index (χ2n) is 5.72. The van der Waals surface area contributed by atoms with Crippen LogP contribution in [0.1, 0.15) is 44.9 Å². The molecule has 1 saturated heterocycles. The van der Waals surface area contributed by atoms with Crippen molar-refractivity contribution in [2.75, 3.05) is 13.2 Å². The summed E-state index contributed by atoms with van der Waals surface area (Å²) >= 11 is 0. The van der Waals surface area contributed by atoms with Gasteiger partial charge < -0.3 is 10.1 Å². The molecule has 1 atom stereocenters. The predicted octanol–water partition coefficient (Wildman–Crippen LogP) is 3.36. The molecule has 0 bridgehead atoms. The molecule has 0 aromatic rings. The van der Waals surface area contributed by atoms with E-state index in [9.17, 15) is 17.6 Å². The van der Waals surface area contributed by atoms with Crippen LogP contribution in [-0.2, 0) is 4.74 Å². The lowest BCUT2D eigenvalue weighted by Crippen LogP contribution is -2.51. The molecule has 1 heterocycles. The van der Waals surface area contributed by atoms with Gasteiger partial charge in [0.05, 0.1) is 12.1 Å². The van der Waals surface area contributed by atoms with Crippen LogP contribution in [0.25, 0.3) is 0 Å². The number of ether oxygens (including phenoxy) is 1. The predicted molar refractivity (Wildman–Crippen MR) is 63.7 cm³/mol. The van der Waals surface area contributed by atoms with Crippen LogP contribution >= 0.6 is 0 Å². The average molecular weight is 283 g/mol. The fourth-order valence-corrected chi connectivity index (χ4v) is 3.10. The van der Waals surface area contributed by atoms with Gasteiger partial charge in [-0.3, -0.25) is 0 Å². The third kappa shape index (κ3) is 3.81. The lowest BCUT2D eigenvalue weighted by Gasteiger charge is -2.44. The molecule has 0 aromatic carbocycles. The zero-order valence-corrected chi connectivity index (χ0v) is 10.9. The van der Waals surface area contributed by atoms with E-state index >= 15 is 0 Å². The van der Waals surface area contributed by atoms with Crippen LogP contribution in [0.4, 0.5) is 17.6 Å². The first-order valence-electron chi connectivity index (χ1n) is 6.97. The molecule has 19 heavy (non-hydrogen) atoms. The summed E-state index contributed by atoms with van der Waals surface area (Å²) in [7, 11) is 0. The second-order valence-corrected chi connectivity index (χ2v) is 5.72. The van der Waals surface area contributed by atoms with Gasteiger partial charge in [0.2, 0.25) is 0 Å². The smallest absolute Gasteiger partial charge is 0.319 e. The molecule has 0 aromatic heterocycles. The van der Waals surface area contributed by atoms with Crippen LogP contribution in [0, 0.1) is 0 Å². The first kappa shape index (κ1) is 15.0. The van der Waals surface area contributed by atoms with Gasteiger partial charge in [0.15, 0.2) is 0 Å². The minimum Gasteiger partial charge on any atom is -0.375 e. The van der Waals surface area contributed by atoms with E-state index in [1.807, 2.05) is 0 Å². The molecule has 112 valence electrons. The first-order chi connectivity index (χ1) is 8.94. The summed E-state index contributed by atoms with van der Waals surface area (Å²) in [6.45, 7) is -0.427. The van der Waals surface area contributed by atoms with Gasteiger partial charge in [0.25, 0.3) is 0 Å². The van der Waals surface area contributed by atoms with Crippen LogP contribution in [0.3, 0.4) is 0 Å². The fraction of sp³-hybridized carbons (Fsp3) is 1.00. The molecule has 1 unspecified atom stereocenters. The Kier molecular flexibility index (Phi) is 4.71. The SMILES string of the molecule is FC(F)C(F)(F)CNC1CCOC2(CCCCC2)C1. The maximum Gasteiger partial charge on any atom is 0.319 e. The van der Waals surface area contributed by atoms with Crippen LogP contribution in [0.2, 0.25) is 0 Å². The summed E-state index contributed by atoms with van der Waals surface area (Å²) < 4.78 is 55.8. The third-order valence-electron chi connectivity index (χ3n) is 4.20. The van der Waals surface area contributed by atoms with Crippen molar-refractivity contribution in [3.63, 3.8) is 0 Å². The van der Waals surface area contributed by atoms with E-state index in [4.69, 9.17) is 4.74 Å². The minimum absolute atomic E-state index is 0.142. The number of nitrogens with one attached hydrogen (secondary N) is 1. The summed E-state index contributed by atoms with van der Waals surface area (Å²) in [6.07, 6.45) is 2.95. The first-order valence-corrected chi connectivity index (χ1v) is 6.97. The van der Waals surface area contributed by atoms with Crippen molar-refractivity contribution in [3.05, 3.63) is 0 Å². The summed E-state index contributed by atoms with van der Waals surface area (Å²) in [5, 5.41) is 2.60. The molecule has 0 radical (unpaired) electrons. The standard InChI is InChI=1S/C13H21F4NO/c14-11(15)13(16,17)9-18-10-4-7-19-12(8-10)5-2-1-3-6-12/h10-11,18H,1-9H2. The molecule has 1 saturated carbocycles. The van der Waals surface area contributed by atoms with Gasteiger partial charge in [-0.2, -0.15) is 8.78 Å². The molecular weight excluding hydrogens is 262 g/mol. The number of halogens is 4. The van der Waals surface area contributed by atoms with Crippen LogP contribution in [0.5, 0.6) is 0 Å². The van der Waals surface area contributed by atoms with Gasteiger partial charge in [-0.1, -0.05) is 19.3 Å². The Hall–Kier alpha value is -0.360. The highest BCUT2D eigenvalue weighted by atomic mass is 19.3. The number of hydrogen-bond acceptors (Lipinski definition) is 2. The zero-order chi connectivity index (χ0) is 13.9. The highest BCUT2D eigenvalue weighted by Gasteiger charge is 2.43. The normalized spacial score (nSPS) is 27.9. The average Bonchev–Trinajstić information content (AvgIpc) is 2.37. The number of hydrogen-bond donors (Lipinski definition) is 1. The monoisotopic (exact) mass is 283 g/mol. The maximum atomic E-state index is 12.9. The summed E-state index contributed by atoms with van der Waals surface area (Å²) in [4.78, 5) is 0. The van der Waals surface area contributed by atoms with Gasteiger partial charge in [-0.25, -0.2) is 8.78 Å². The van der Waals surface area contributed by atoms with Crippen molar-refractivity contribution in [2.45, 2.75) is 68.9 Å². The lowest BCUT2D eigenvalue weighted by atomic mass is 9.78. The third-order valence-corrected chi connectivity index (χ3v) is 4.20. The molecule has 1 N–H and O–H groups in total. The van der Waals surface area contributed by atoms with Crippen LogP contribution in [-0.4, -0.2) is 37.1 Å². The lowest BCUT2D eigenvalue weighted by molar-refractivity contribution is -0.135. The highest BCUT2D eigenvalue weighted by molar-refractivity contribution is 4.92. The van der Waals surface area contributed by atoms with Crippen molar-refractivity contribution in [2.24, 2.45) is 0 Å². The molecule has 0 amide bonds. The Bertz CT molecular complexity index is 287. The van der Waals surface area contributed by atoms with Crippen molar-refractivity contribution in [1.29, 1.82) is 0 Å². The molecule has 1 spiro atoms. The fourth-order valence-electron chi connectivity index (χ4n) is 3.10. The molecule has 2 fully saturated rings. The Morgan fingerprint density at radius 2 is 1.89 bits per heavy atom. The van der Waals surface area contributed by atoms with Crippen molar-refractivity contribution in [3.8, 4) is 0 Å². The Labute approximate surface area is 110 Å². The van der Waals surface area contributed by atoms with Crippen molar-refractivity contribution >= 4 is 0 Å². The Balaban J connectivity index is 1.84. The topological polar surface area (TPSA) is 21.3 Å². The largest absolute Gasteiger partial charge is 0.375 e. The summed E-state index contributed by atoms with van der Waals surface area (Å²) in [5.41, 5.74) is -0.200. The van der Waals surface area contributed by atoms with E-state index < -0.39 is 18.9 Å². The molecule has 6 heteroatoms. The zero-order valence-electron chi connectivity index (χ0n) is 10.9. The highest BCUT2D eigenvalue weighted by Crippen LogP contribution is 2.38. The maximum absolute atomic E-state index is 12.9. The second kappa shape index (κ2) is 5.95. The van der Waals surface area contributed by atoms with Crippen LogP contribution in [0.15, 0.2) is 0 Å². The summed E-state index contributed by atoms with van der Waals surface area (Å²) in [6, 6.07) is -0.142. The molecule has 2 rings (SSSR count). The molecule has 1 aliphatic carbocycles. The van der Waals surface area contributed by atoms with E-state index in [0.717, 1.165) is 25.7 Å². The molecular formula is C13H21F4NO. The van der Waals surface area contributed by atoms with Gasteiger partial charge in [-0.15, -0.1) is 0 Å². The molecule has 2 aliphatic rings. The quantitative estimate of drug-likeness (QED) is 0.799. The summed E-state index contributed by atoms with van der Waals surface area (Å²) in [5.74, 6) is -3.95. The van der Waals surface area contributed by atoms with Crippen LogP contribution < -0.4 is 5.32 Å². The van der Waals surface area contributed by atoms with Gasteiger partial charge in [-0.05, 0) is 25.7 Å².